The Bertz CT molecular complexity index is 748. The zero-order valence-electron chi connectivity index (χ0n) is 14.1. The molecule has 0 radical (unpaired) electrons. The topological polar surface area (TPSA) is 66.8 Å². The van der Waals surface area contributed by atoms with Crippen LogP contribution < -0.4 is 0 Å². The summed E-state index contributed by atoms with van der Waals surface area (Å²) in [6.45, 7) is 3.39. The van der Waals surface area contributed by atoms with Gasteiger partial charge in [-0.05, 0) is 42.7 Å². The number of aryl methyl sites for hydroxylation is 1. The van der Waals surface area contributed by atoms with Gasteiger partial charge in [0.2, 0.25) is 0 Å². The number of carboxylic acid groups (broad SMARTS) is 1. The molecule has 2 aromatic carbocycles. The van der Waals surface area contributed by atoms with E-state index in [4.69, 9.17) is 4.74 Å². The van der Waals surface area contributed by atoms with Gasteiger partial charge in [0.1, 0.15) is 13.2 Å². The molecule has 1 atom stereocenters. The molecule has 0 bridgehead atoms. The third-order valence-electron chi connectivity index (χ3n) is 3.89. The fourth-order valence-corrected chi connectivity index (χ4v) is 3.06. The van der Waals surface area contributed by atoms with Gasteiger partial charge < -0.3 is 9.84 Å². The second-order valence-corrected chi connectivity index (χ2v) is 6.65. The molecular formula is C19H20BrNO4. The van der Waals surface area contributed by atoms with Crippen LogP contribution in [0.1, 0.15) is 29.7 Å². The summed E-state index contributed by atoms with van der Waals surface area (Å²) in [6, 6.07) is 14.5. The quantitative estimate of drug-likeness (QED) is 0.765. The van der Waals surface area contributed by atoms with Crippen molar-refractivity contribution in [2.75, 3.05) is 6.54 Å². The molecule has 2 rings (SSSR count). The number of carboxylic acids is 1. The average Bonchev–Trinajstić information content (AvgIpc) is 2.58. The SMILES string of the molecule is Cc1cc(Br)ccc1[C@@H](C)N(CC(=O)O)C(=O)OCc1ccccc1. The summed E-state index contributed by atoms with van der Waals surface area (Å²) in [7, 11) is 0. The summed E-state index contributed by atoms with van der Waals surface area (Å²) in [6.07, 6.45) is -0.652. The fourth-order valence-electron chi connectivity index (χ4n) is 2.58. The first-order valence-electron chi connectivity index (χ1n) is 7.83. The summed E-state index contributed by atoms with van der Waals surface area (Å²) in [5.41, 5.74) is 2.69. The number of benzene rings is 2. The van der Waals surface area contributed by atoms with Crippen LogP contribution in [0.2, 0.25) is 0 Å². The molecule has 0 aromatic heterocycles. The maximum absolute atomic E-state index is 12.5. The van der Waals surface area contributed by atoms with Crippen molar-refractivity contribution in [2.24, 2.45) is 0 Å². The molecule has 0 fully saturated rings. The highest BCUT2D eigenvalue weighted by molar-refractivity contribution is 9.10. The summed E-state index contributed by atoms with van der Waals surface area (Å²) in [5, 5.41) is 9.17. The number of hydrogen-bond donors (Lipinski definition) is 1. The fraction of sp³-hybridized carbons (Fsp3) is 0.263. The maximum atomic E-state index is 12.5. The van der Waals surface area contributed by atoms with E-state index < -0.39 is 24.6 Å². The Labute approximate surface area is 155 Å². The molecule has 0 aliphatic heterocycles. The van der Waals surface area contributed by atoms with Gasteiger partial charge in [0, 0.05) is 4.47 Å². The summed E-state index contributed by atoms with van der Waals surface area (Å²) < 4.78 is 6.24. The molecule has 0 saturated heterocycles. The number of amides is 1. The van der Waals surface area contributed by atoms with Gasteiger partial charge in [-0.2, -0.15) is 0 Å². The number of carbonyl (C=O) groups is 2. The lowest BCUT2D eigenvalue weighted by Gasteiger charge is -2.28. The van der Waals surface area contributed by atoms with Crippen molar-refractivity contribution in [3.63, 3.8) is 0 Å². The van der Waals surface area contributed by atoms with E-state index in [2.05, 4.69) is 15.9 Å². The highest BCUT2D eigenvalue weighted by Crippen LogP contribution is 2.26. The number of hydrogen-bond acceptors (Lipinski definition) is 3. The number of nitrogens with zero attached hydrogens (tertiary/aromatic N) is 1. The van der Waals surface area contributed by atoms with Gasteiger partial charge in [0.05, 0.1) is 6.04 Å². The van der Waals surface area contributed by atoms with Crippen molar-refractivity contribution in [1.29, 1.82) is 0 Å². The Morgan fingerprint density at radius 3 is 2.48 bits per heavy atom. The van der Waals surface area contributed by atoms with E-state index in [1.54, 1.807) is 6.92 Å². The van der Waals surface area contributed by atoms with E-state index in [0.717, 1.165) is 21.2 Å². The molecule has 0 aliphatic rings. The van der Waals surface area contributed by atoms with Crippen LogP contribution in [0.5, 0.6) is 0 Å². The van der Waals surface area contributed by atoms with Gasteiger partial charge >= 0.3 is 12.1 Å². The van der Waals surface area contributed by atoms with Crippen molar-refractivity contribution >= 4 is 28.0 Å². The molecule has 1 amide bonds. The molecule has 0 heterocycles. The van der Waals surface area contributed by atoms with E-state index in [1.807, 2.05) is 55.5 Å². The molecule has 25 heavy (non-hydrogen) atoms. The number of ether oxygens (including phenoxy) is 1. The lowest BCUT2D eigenvalue weighted by Crippen LogP contribution is -2.38. The van der Waals surface area contributed by atoms with Crippen molar-refractivity contribution in [3.8, 4) is 0 Å². The molecule has 5 nitrogen and oxygen atoms in total. The van der Waals surface area contributed by atoms with E-state index in [-0.39, 0.29) is 6.61 Å². The Hall–Kier alpha value is -2.34. The van der Waals surface area contributed by atoms with Crippen LogP contribution in [-0.4, -0.2) is 28.6 Å². The number of aliphatic carboxylic acids is 1. The molecule has 0 unspecified atom stereocenters. The molecule has 2 aromatic rings. The first-order valence-corrected chi connectivity index (χ1v) is 8.63. The molecule has 0 saturated carbocycles. The second kappa shape index (κ2) is 8.67. The monoisotopic (exact) mass is 405 g/mol. The smallest absolute Gasteiger partial charge is 0.411 e. The predicted octanol–water partition coefficient (Wildman–Crippen LogP) is 4.54. The van der Waals surface area contributed by atoms with Gasteiger partial charge in [-0.1, -0.05) is 52.3 Å². The van der Waals surface area contributed by atoms with Crippen molar-refractivity contribution in [1.82, 2.24) is 4.90 Å². The molecule has 6 heteroatoms. The highest BCUT2D eigenvalue weighted by atomic mass is 79.9. The van der Waals surface area contributed by atoms with Crippen molar-refractivity contribution in [3.05, 3.63) is 69.7 Å². The third kappa shape index (κ3) is 5.32. The van der Waals surface area contributed by atoms with Gasteiger partial charge in [-0.15, -0.1) is 0 Å². The van der Waals surface area contributed by atoms with Gasteiger partial charge in [0.25, 0.3) is 0 Å². The Morgan fingerprint density at radius 2 is 1.88 bits per heavy atom. The summed E-state index contributed by atoms with van der Waals surface area (Å²) >= 11 is 3.40. The van der Waals surface area contributed by atoms with Gasteiger partial charge in [-0.25, -0.2) is 4.79 Å². The predicted molar refractivity (Wildman–Crippen MR) is 98.3 cm³/mol. The van der Waals surface area contributed by atoms with Gasteiger partial charge in [-0.3, -0.25) is 9.69 Å². The van der Waals surface area contributed by atoms with Crippen LogP contribution in [0.4, 0.5) is 4.79 Å². The average molecular weight is 406 g/mol. The minimum absolute atomic E-state index is 0.0990. The minimum atomic E-state index is -1.08. The van der Waals surface area contributed by atoms with E-state index >= 15 is 0 Å². The summed E-state index contributed by atoms with van der Waals surface area (Å²) in [5.74, 6) is -1.08. The molecule has 1 N–H and O–H groups in total. The lowest BCUT2D eigenvalue weighted by atomic mass is 10.0. The van der Waals surface area contributed by atoms with E-state index in [1.165, 1.54) is 4.90 Å². The summed E-state index contributed by atoms with van der Waals surface area (Å²) in [4.78, 5) is 24.9. The van der Waals surface area contributed by atoms with Crippen LogP contribution in [0.15, 0.2) is 53.0 Å². The number of halogens is 1. The zero-order valence-corrected chi connectivity index (χ0v) is 15.7. The Kier molecular flexibility index (Phi) is 6.58. The standard InChI is InChI=1S/C19H20BrNO4/c1-13-10-16(20)8-9-17(13)14(2)21(11-18(22)23)19(24)25-12-15-6-4-3-5-7-15/h3-10,14H,11-12H2,1-2H3,(H,22,23)/t14-/m1/s1. The number of carbonyl (C=O) groups excluding carboxylic acids is 1. The normalized spacial score (nSPS) is 11.6. The first-order chi connectivity index (χ1) is 11.9. The molecule has 0 spiro atoms. The lowest BCUT2D eigenvalue weighted by molar-refractivity contribution is -0.138. The Balaban J connectivity index is 2.16. The van der Waals surface area contributed by atoms with Crippen LogP contribution in [0.25, 0.3) is 0 Å². The van der Waals surface area contributed by atoms with Crippen LogP contribution >= 0.6 is 15.9 Å². The van der Waals surface area contributed by atoms with Crippen molar-refractivity contribution < 1.29 is 19.4 Å². The maximum Gasteiger partial charge on any atom is 0.411 e. The molecule has 0 aliphatic carbocycles. The van der Waals surface area contributed by atoms with E-state index in [9.17, 15) is 14.7 Å². The van der Waals surface area contributed by atoms with Crippen LogP contribution in [0, 0.1) is 6.92 Å². The number of rotatable bonds is 6. The van der Waals surface area contributed by atoms with E-state index in [0.29, 0.717) is 0 Å². The van der Waals surface area contributed by atoms with Gasteiger partial charge in [0.15, 0.2) is 0 Å². The van der Waals surface area contributed by atoms with Crippen LogP contribution in [0.3, 0.4) is 0 Å². The largest absolute Gasteiger partial charge is 0.480 e. The minimum Gasteiger partial charge on any atom is -0.480 e. The Morgan fingerprint density at radius 1 is 1.20 bits per heavy atom. The first kappa shape index (κ1) is 19.0. The van der Waals surface area contributed by atoms with Crippen LogP contribution in [-0.2, 0) is 16.1 Å². The van der Waals surface area contributed by atoms with Crippen molar-refractivity contribution in [2.45, 2.75) is 26.5 Å². The third-order valence-corrected chi connectivity index (χ3v) is 4.39. The second-order valence-electron chi connectivity index (χ2n) is 5.74. The molecular weight excluding hydrogens is 386 g/mol. The molecule has 132 valence electrons. The zero-order chi connectivity index (χ0) is 18.4. The highest BCUT2D eigenvalue weighted by Gasteiger charge is 2.26.